The van der Waals surface area contributed by atoms with Gasteiger partial charge in [0.1, 0.15) is 0 Å². The van der Waals surface area contributed by atoms with Crippen LogP contribution in [0.25, 0.3) is 11.1 Å². The maximum atomic E-state index is 13.6. The van der Waals surface area contributed by atoms with Gasteiger partial charge in [-0.05, 0) is 61.7 Å². The largest absolute Gasteiger partial charge is 0.505 e. The third-order valence-corrected chi connectivity index (χ3v) is 5.92. The van der Waals surface area contributed by atoms with Crippen LogP contribution in [-0.2, 0) is 0 Å². The quantitative estimate of drug-likeness (QED) is 0.866. The Hall–Kier alpha value is -2.47. The highest BCUT2D eigenvalue weighted by Gasteiger charge is 2.37. The van der Waals surface area contributed by atoms with Crippen molar-refractivity contribution in [2.24, 2.45) is 0 Å². The molecule has 2 aliphatic heterocycles. The molecule has 2 aromatic rings. The van der Waals surface area contributed by atoms with Crippen LogP contribution in [0.1, 0.15) is 36.5 Å². The smallest absolute Gasteiger partial charge is 0.253 e. The van der Waals surface area contributed by atoms with Crippen molar-refractivity contribution in [2.45, 2.75) is 38.3 Å². The molecule has 0 radical (unpaired) electrons. The van der Waals surface area contributed by atoms with Crippen LogP contribution in [0.4, 0.5) is 8.78 Å². The zero-order valence-electron chi connectivity index (χ0n) is 15.9. The number of carbonyl (C=O) groups is 1. The second-order valence-corrected chi connectivity index (χ2v) is 7.82. The normalized spacial score (nSPS) is 20.8. The van der Waals surface area contributed by atoms with Gasteiger partial charge in [-0.3, -0.25) is 9.69 Å². The second-order valence-electron chi connectivity index (χ2n) is 7.82. The van der Waals surface area contributed by atoms with Gasteiger partial charge in [-0.2, -0.15) is 4.39 Å². The molecule has 2 aromatic carbocycles. The predicted molar refractivity (Wildman–Crippen MR) is 103 cm³/mol. The van der Waals surface area contributed by atoms with E-state index in [1.54, 1.807) is 24.3 Å². The number of carbonyl (C=O) groups excluding carboxylic acids is 1. The van der Waals surface area contributed by atoms with E-state index in [-0.39, 0.29) is 5.91 Å². The molecule has 0 aromatic heterocycles. The van der Waals surface area contributed by atoms with Gasteiger partial charge in [-0.1, -0.05) is 18.6 Å². The Bertz CT molecular complexity index is 873. The van der Waals surface area contributed by atoms with Gasteiger partial charge >= 0.3 is 0 Å². The lowest BCUT2D eigenvalue weighted by Gasteiger charge is -2.49. The molecule has 4 rings (SSSR count). The van der Waals surface area contributed by atoms with Crippen molar-refractivity contribution in [3.05, 3.63) is 53.6 Å². The fraction of sp³-hybridized carbons (Fsp3) is 0.409. The van der Waals surface area contributed by atoms with Crippen molar-refractivity contribution in [3.8, 4) is 16.9 Å². The number of phenolic OH excluding ortho intramolecular Hbond substituents is 1. The van der Waals surface area contributed by atoms with Crippen molar-refractivity contribution in [3.63, 3.8) is 0 Å². The number of halogens is 2. The molecule has 2 aliphatic rings. The third kappa shape index (κ3) is 3.49. The van der Waals surface area contributed by atoms with Gasteiger partial charge in [-0.25, -0.2) is 4.39 Å². The minimum atomic E-state index is -1.27. The summed E-state index contributed by atoms with van der Waals surface area (Å²) in [6, 6.07) is 9.98. The fourth-order valence-electron chi connectivity index (χ4n) is 4.25. The second kappa shape index (κ2) is 7.51. The Kier molecular flexibility index (Phi) is 5.06. The maximum Gasteiger partial charge on any atom is 0.253 e. The van der Waals surface area contributed by atoms with Crippen LogP contribution in [0, 0.1) is 11.6 Å². The highest BCUT2D eigenvalue weighted by Crippen LogP contribution is 2.30. The van der Waals surface area contributed by atoms with E-state index in [9.17, 15) is 18.7 Å². The molecule has 1 unspecified atom stereocenters. The summed E-state index contributed by atoms with van der Waals surface area (Å²) in [5.41, 5.74) is 1.39. The lowest BCUT2D eigenvalue weighted by molar-refractivity contribution is 0.00213. The number of amides is 1. The lowest BCUT2D eigenvalue weighted by atomic mass is 9.96. The first kappa shape index (κ1) is 18.9. The zero-order valence-corrected chi connectivity index (χ0v) is 15.9. The highest BCUT2D eigenvalue weighted by atomic mass is 19.2. The van der Waals surface area contributed by atoms with E-state index in [0.29, 0.717) is 28.8 Å². The molecule has 0 spiro atoms. The summed E-state index contributed by atoms with van der Waals surface area (Å²) in [5, 5.41) is 9.54. The summed E-state index contributed by atoms with van der Waals surface area (Å²) in [7, 11) is 0. The highest BCUT2D eigenvalue weighted by molar-refractivity contribution is 5.96. The van der Waals surface area contributed by atoms with Gasteiger partial charge in [0.05, 0.1) is 0 Å². The van der Waals surface area contributed by atoms with Crippen molar-refractivity contribution < 1.29 is 18.7 Å². The molecule has 6 heteroatoms. The van der Waals surface area contributed by atoms with Crippen LogP contribution in [-0.4, -0.2) is 52.5 Å². The van der Waals surface area contributed by atoms with Gasteiger partial charge in [0.15, 0.2) is 17.4 Å². The summed E-state index contributed by atoms with van der Waals surface area (Å²) >= 11 is 0. The topological polar surface area (TPSA) is 43.8 Å². The first-order chi connectivity index (χ1) is 13.4. The van der Waals surface area contributed by atoms with E-state index in [2.05, 4.69) is 11.8 Å². The summed E-state index contributed by atoms with van der Waals surface area (Å²) < 4.78 is 26.9. The Morgan fingerprint density at radius 3 is 2.61 bits per heavy atom. The number of rotatable bonds is 3. The molecule has 28 heavy (non-hydrogen) atoms. The molecular weight excluding hydrogens is 362 g/mol. The molecule has 0 aliphatic carbocycles. The molecule has 1 N–H and O–H groups in total. The Labute approximate surface area is 163 Å². The Morgan fingerprint density at radius 2 is 1.89 bits per heavy atom. The average molecular weight is 386 g/mol. The number of piperidine rings is 1. The number of aromatic hydroxyl groups is 1. The first-order valence-corrected chi connectivity index (χ1v) is 9.77. The van der Waals surface area contributed by atoms with Crippen molar-refractivity contribution in [1.82, 2.24) is 9.80 Å². The third-order valence-electron chi connectivity index (χ3n) is 5.92. The summed E-state index contributed by atoms with van der Waals surface area (Å²) in [6.07, 6.45) is 3.71. The van der Waals surface area contributed by atoms with Crippen LogP contribution in [0.2, 0.25) is 0 Å². The molecule has 1 atom stereocenters. The molecule has 0 saturated carbocycles. The molecule has 1 amide bonds. The Morgan fingerprint density at radius 1 is 1.11 bits per heavy atom. The summed E-state index contributed by atoms with van der Waals surface area (Å²) in [6.45, 7) is 4.80. The fourth-order valence-corrected chi connectivity index (χ4v) is 4.25. The van der Waals surface area contributed by atoms with Crippen LogP contribution >= 0.6 is 0 Å². The van der Waals surface area contributed by atoms with Gasteiger partial charge in [0.25, 0.3) is 5.91 Å². The maximum absolute atomic E-state index is 13.6. The van der Waals surface area contributed by atoms with E-state index in [1.165, 1.54) is 25.3 Å². The van der Waals surface area contributed by atoms with Crippen molar-refractivity contribution in [1.29, 1.82) is 0 Å². The average Bonchev–Trinajstić information content (AvgIpc) is 2.66. The number of phenols is 1. The minimum absolute atomic E-state index is 0.0606. The molecule has 148 valence electrons. The SMILES string of the molecule is CC1CCCCN1C1CN(C(=O)c2cccc(-c3cc(O)c(F)c(F)c3)c2)C1. The van der Waals surface area contributed by atoms with E-state index in [4.69, 9.17) is 0 Å². The number of likely N-dealkylation sites (tertiary alicyclic amines) is 2. The number of hydrogen-bond acceptors (Lipinski definition) is 3. The number of nitrogens with zero attached hydrogens (tertiary/aromatic N) is 2. The van der Waals surface area contributed by atoms with E-state index in [0.717, 1.165) is 25.7 Å². The van der Waals surface area contributed by atoms with Gasteiger partial charge in [0, 0.05) is 30.7 Å². The van der Waals surface area contributed by atoms with Gasteiger partial charge in [-0.15, -0.1) is 0 Å². The van der Waals surface area contributed by atoms with Crippen LogP contribution in [0.3, 0.4) is 0 Å². The van der Waals surface area contributed by atoms with E-state index in [1.807, 2.05) is 4.90 Å². The van der Waals surface area contributed by atoms with E-state index < -0.39 is 17.4 Å². The summed E-state index contributed by atoms with van der Waals surface area (Å²) in [5.74, 6) is -3.19. The Balaban J connectivity index is 1.47. The number of benzene rings is 2. The van der Waals surface area contributed by atoms with Gasteiger partial charge < -0.3 is 10.0 Å². The van der Waals surface area contributed by atoms with Crippen molar-refractivity contribution in [2.75, 3.05) is 19.6 Å². The zero-order chi connectivity index (χ0) is 19.8. The standard InChI is InChI=1S/C22H24F2N2O2/c1-14-5-2-3-8-26(14)18-12-25(13-18)22(28)16-7-4-6-15(9-16)17-10-19(23)21(24)20(27)11-17/h4,6-7,9-11,14,18,27H,2-3,5,8,12-13H2,1H3. The van der Waals surface area contributed by atoms with Crippen LogP contribution < -0.4 is 0 Å². The molecular formula is C22H24F2N2O2. The van der Waals surface area contributed by atoms with Crippen LogP contribution in [0.5, 0.6) is 5.75 Å². The summed E-state index contributed by atoms with van der Waals surface area (Å²) in [4.78, 5) is 17.2. The van der Waals surface area contributed by atoms with E-state index >= 15 is 0 Å². The molecule has 2 fully saturated rings. The number of hydrogen-bond donors (Lipinski definition) is 1. The first-order valence-electron chi connectivity index (χ1n) is 9.77. The minimum Gasteiger partial charge on any atom is -0.505 e. The molecule has 2 saturated heterocycles. The molecule has 2 heterocycles. The monoisotopic (exact) mass is 386 g/mol. The molecule has 0 bridgehead atoms. The van der Waals surface area contributed by atoms with Crippen LogP contribution in [0.15, 0.2) is 36.4 Å². The lowest BCUT2D eigenvalue weighted by Crippen LogP contribution is -2.63. The predicted octanol–water partition coefficient (Wildman–Crippen LogP) is 4.04. The van der Waals surface area contributed by atoms with Crippen molar-refractivity contribution >= 4 is 5.91 Å². The molecule has 4 nitrogen and oxygen atoms in total. The van der Waals surface area contributed by atoms with Gasteiger partial charge in [0.2, 0.25) is 0 Å².